The zero-order valence-electron chi connectivity index (χ0n) is 18.9. The van der Waals surface area contributed by atoms with Crippen LogP contribution in [0, 0.1) is 0 Å². The minimum Gasteiger partial charge on any atom is -0.491 e. The van der Waals surface area contributed by atoms with Crippen molar-refractivity contribution in [2.24, 2.45) is 0 Å². The highest BCUT2D eigenvalue weighted by Gasteiger charge is 2.22. The summed E-state index contributed by atoms with van der Waals surface area (Å²) >= 11 is 1.64. The number of thiophene rings is 1. The quantitative estimate of drug-likeness (QED) is 0.562. The lowest BCUT2D eigenvalue weighted by Crippen LogP contribution is -2.45. The number of ether oxygens (including phenoxy) is 1. The normalized spacial score (nSPS) is 17.3. The van der Waals surface area contributed by atoms with Gasteiger partial charge in [0.1, 0.15) is 12.4 Å². The van der Waals surface area contributed by atoms with E-state index in [2.05, 4.69) is 45.1 Å². The number of fused-ring (bicyclic) bond motifs is 1. The van der Waals surface area contributed by atoms with Crippen LogP contribution in [0.1, 0.15) is 21.7 Å². The lowest BCUT2D eigenvalue weighted by atomic mass is 10.1. The Hall–Kier alpha value is -2.74. The second-order valence-corrected chi connectivity index (χ2v) is 9.77. The molecule has 33 heavy (non-hydrogen) atoms. The summed E-state index contributed by atoms with van der Waals surface area (Å²) in [6, 6.07) is 16.6. The molecule has 0 aliphatic carbocycles. The minimum atomic E-state index is 0.170. The third-order valence-corrected chi connectivity index (χ3v) is 7.22. The van der Waals surface area contributed by atoms with Gasteiger partial charge in [-0.3, -0.25) is 19.6 Å². The number of benzene rings is 1. The zero-order valence-corrected chi connectivity index (χ0v) is 19.7. The Morgan fingerprint density at radius 1 is 0.970 bits per heavy atom. The van der Waals surface area contributed by atoms with E-state index >= 15 is 0 Å². The molecule has 4 heterocycles. The number of carbonyl (C=O) groups excluding carboxylic acids is 1. The molecule has 2 aliphatic rings. The van der Waals surface area contributed by atoms with Crippen LogP contribution in [-0.2, 0) is 30.8 Å². The van der Waals surface area contributed by atoms with Crippen molar-refractivity contribution in [3.05, 3.63) is 81.8 Å². The monoisotopic (exact) mass is 462 g/mol. The Morgan fingerprint density at radius 3 is 2.58 bits per heavy atom. The van der Waals surface area contributed by atoms with Crippen molar-refractivity contribution in [3.63, 3.8) is 0 Å². The second-order valence-electron chi connectivity index (χ2n) is 8.74. The first-order valence-electron chi connectivity index (χ1n) is 11.6. The van der Waals surface area contributed by atoms with E-state index in [9.17, 15) is 4.79 Å². The van der Waals surface area contributed by atoms with Crippen molar-refractivity contribution in [3.8, 4) is 5.75 Å². The standard InChI is InChI=1S/C26H30N4O2S/c31-26(17-24-5-3-15-33-24)30-13-14-32-25-7-6-21(16-22(25)19-30)18-28-9-11-29(12-10-28)20-23-4-1-2-8-27-23/h1-8,15-16H,9-14,17-20H2. The summed E-state index contributed by atoms with van der Waals surface area (Å²) < 4.78 is 5.96. The Kier molecular flexibility index (Phi) is 7.00. The van der Waals surface area contributed by atoms with Crippen molar-refractivity contribution >= 4 is 17.2 Å². The molecule has 3 aromatic rings. The van der Waals surface area contributed by atoms with Gasteiger partial charge in [0, 0.05) is 62.5 Å². The van der Waals surface area contributed by atoms with Gasteiger partial charge in [0.15, 0.2) is 0 Å². The highest BCUT2D eigenvalue weighted by molar-refractivity contribution is 7.10. The zero-order chi connectivity index (χ0) is 22.5. The van der Waals surface area contributed by atoms with Crippen LogP contribution in [0.2, 0.25) is 0 Å². The number of aromatic nitrogens is 1. The van der Waals surface area contributed by atoms with Crippen LogP contribution < -0.4 is 4.74 Å². The van der Waals surface area contributed by atoms with E-state index in [1.165, 1.54) is 5.56 Å². The molecule has 0 saturated carbocycles. The fraction of sp³-hybridized carbons (Fsp3) is 0.385. The van der Waals surface area contributed by atoms with E-state index in [-0.39, 0.29) is 5.91 Å². The fourth-order valence-electron chi connectivity index (χ4n) is 4.52. The lowest BCUT2D eigenvalue weighted by Gasteiger charge is -2.34. The molecule has 6 nitrogen and oxygen atoms in total. The smallest absolute Gasteiger partial charge is 0.228 e. The van der Waals surface area contributed by atoms with Crippen LogP contribution >= 0.6 is 11.3 Å². The number of hydrogen-bond donors (Lipinski definition) is 0. The molecule has 2 aromatic heterocycles. The summed E-state index contributed by atoms with van der Waals surface area (Å²) in [7, 11) is 0. The molecule has 1 aromatic carbocycles. The summed E-state index contributed by atoms with van der Waals surface area (Å²) in [6.45, 7) is 7.83. The molecule has 0 N–H and O–H groups in total. The van der Waals surface area contributed by atoms with E-state index in [1.807, 2.05) is 34.7 Å². The highest BCUT2D eigenvalue weighted by Crippen LogP contribution is 2.26. The first-order chi connectivity index (χ1) is 16.2. The van der Waals surface area contributed by atoms with Crippen LogP contribution in [0.5, 0.6) is 5.75 Å². The van der Waals surface area contributed by atoms with Gasteiger partial charge in [-0.2, -0.15) is 0 Å². The molecule has 7 heteroatoms. The summed E-state index contributed by atoms with van der Waals surface area (Å²) in [6.07, 6.45) is 2.33. The molecule has 5 rings (SSSR count). The van der Waals surface area contributed by atoms with Gasteiger partial charge in [0.05, 0.1) is 18.7 Å². The first-order valence-corrected chi connectivity index (χ1v) is 12.5. The average molecular weight is 463 g/mol. The number of amides is 1. The molecular formula is C26H30N4O2S. The van der Waals surface area contributed by atoms with E-state index < -0.39 is 0 Å². The number of nitrogens with zero attached hydrogens (tertiary/aromatic N) is 4. The van der Waals surface area contributed by atoms with Gasteiger partial charge < -0.3 is 9.64 Å². The summed E-state index contributed by atoms with van der Waals surface area (Å²) in [4.78, 5) is 25.3. The Bertz CT molecular complexity index is 1050. The minimum absolute atomic E-state index is 0.170. The van der Waals surface area contributed by atoms with Crippen molar-refractivity contribution < 1.29 is 9.53 Å². The summed E-state index contributed by atoms with van der Waals surface area (Å²) in [5, 5.41) is 2.02. The maximum absolute atomic E-state index is 12.9. The van der Waals surface area contributed by atoms with Crippen LogP contribution in [-0.4, -0.2) is 64.9 Å². The maximum atomic E-state index is 12.9. The molecule has 0 spiro atoms. The molecule has 1 fully saturated rings. The molecule has 2 aliphatic heterocycles. The van der Waals surface area contributed by atoms with Gasteiger partial charge in [-0.1, -0.05) is 18.2 Å². The SMILES string of the molecule is O=C(Cc1cccs1)N1CCOc2ccc(CN3CCN(Cc4ccccn4)CC3)cc2C1. The van der Waals surface area contributed by atoms with Crippen molar-refractivity contribution in [1.29, 1.82) is 0 Å². The molecule has 1 saturated heterocycles. The van der Waals surface area contributed by atoms with Crippen molar-refractivity contribution in [1.82, 2.24) is 19.7 Å². The largest absolute Gasteiger partial charge is 0.491 e. The maximum Gasteiger partial charge on any atom is 0.228 e. The number of hydrogen-bond acceptors (Lipinski definition) is 6. The summed E-state index contributed by atoms with van der Waals surface area (Å²) in [5.41, 5.74) is 3.52. The highest BCUT2D eigenvalue weighted by atomic mass is 32.1. The van der Waals surface area contributed by atoms with Gasteiger partial charge in [0.25, 0.3) is 0 Å². The van der Waals surface area contributed by atoms with Crippen LogP contribution in [0.3, 0.4) is 0 Å². The van der Waals surface area contributed by atoms with E-state index in [0.717, 1.165) is 61.2 Å². The topological polar surface area (TPSA) is 48.9 Å². The van der Waals surface area contributed by atoms with Gasteiger partial charge in [-0.05, 0) is 41.3 Å². The molecule has 0 atom stereocenters. The van der Waals surface area contributed by atoms with E-state index in [1.54, 1.807) is 11.3 Å². The first kappa shape index (κ1) is 22.1. The molecule has 0 bridgehead atoms. The number of pyridine rings is 1. The Morgan fingerprint density at radius 2 is 1.82 bits per heavy atom. The molecule has 0 radical (unpaired) electrons. The van der Waals surface area contributed by atoms with Crippen LogP contribution in [0.25, 0.3) is 0 Å². The van der Waals surface area contributed by atoms with Crippen molar-refractivity contribution in [2.45, 2.75) is 26.1 Å². The van der Waals surface area contributed by atoms with Gasteiger partial charge in [0.2, 0.25) is 5.91 Å². The third-order valence-electron chi connectivity index (χ3n) is 6.35. The Labute approximate surface area is 199 Å². The summed E-state index contributed by atoms with van der Waals surface area (Å²) in [5.74, 6) is 1.08. The van der Waals surface area contributed by atoms with Crippen LogP contribution in [0.4, 0.5) is 0 Å². The fourth-order valence-corrected chi connectivity index (χ4v) is 5.21. The second kappa shape index (κ2) is 10.5. The third kappa shape index (κ3) is 5.79. The molecular weight excluding hydrogens is 432 g/mol. The lowest BCUT2D eigenvalue weighted by molar-refractivity contribution is -0.131. The van der Waals surface area contributed by atoms with Gasteiger partial charge in [-0.15, -0.1) is 11.3 Å². The number of carbonyl (C=O) groups is 1. The Balaban J connectivity index is 1.17. The number of rotatable bonds is 6. The van der Waals surface area contributed by atoms with E-state index in [4.69, 9.17) is 4.74 Å². The van der Waals surface area contributed by atoms with Gasteiger partial charge >= 0.3 is 0 Å². The van der Waals surface area contributed by atoms with Crippen LogP contribution in [0.15, 0.2) is 60.1 Å². The molecule has 172 valence electrons. The molecule has 0 unspecified atom stereocenters. The predicted octanol–water partition coefficient (Wildman–Crippen LogP) is 3.42. The number of piperazine rings is 1. The van der Waals surface area contributed by atoms with E-state index in [0.29, 0.717) is 26.1 Å². The predicted molar refractivity (Wildman–Crippen MR) is 130 cm³/mol. The molecule has 1 amide bonds. The van der Waals surface area contributed by atoms with Gasteiger partial charge in [-0.25, -0.2) is 0 Å². The van der Waals surface area contributed by atoms with Crippen molar-refractivity contribution in [2.75, 3.05) is 39.3 Å². The average Bonchev–Trinajstić information content (AvgIpc) is 3.25.